The molecular weight excluding hydrogens is 202 g/mol. The Bertz CT molecular complexity index is 48.3. The van der Waals surface area contributed by atoms with E-state index < -0.39 is 0 Å². The normalized spacial score (nSPS) is 12.3. The zero-order chi connectivity index (χ0) is 6.41. The van der Waals surface area contributed by atoms with Crippen LogP contribution in [-0.2, 0) is 16.8 Å². The summed E-state index contributed by atoms with van der Waals surface area (Å²) in [6.45, 7) is 3.63. The summed E-state index contributed by atoms with van der Waals surface area (Å²) >= 11 is 11.0. The molecule has 0 spiro atoms. The van der Waals surface area contributed by atoms with Crippen LogP contribution in [-0.4, -0.2) is 11.3 Å². The van der Waals surface area contributed by atoms with Gasteiger partial charge in [-0.1, -0.05) is 18.2 Å². The number of hydrogen-bond donors (Lipinski definition) is 0. The predicted molar refractivity (Wildman–Crippen MR) is 39.6 cm³/mol. The number of unbranched alkanes of at least 4 members (excludes halogenated alkanes) is 1. The second-order valence-corrected chi connectivity index (χ2v) is 2.78. The Kier molecular flexibility index (Phi) is 12.9. The second-order valence-electron chi connectivity index (χ2n) is 1.78. The molecule has 0 nitrogen and oxygen atoms in total. The minimum Gasteiger partial charge on any atom is -0.326 e. The molecule has 0 fully saturated rings. The zero-order valence-corrected chi connectivity index (χ0v) is 7.76. The summed E-state index contributed by atoms with van der Waals surface area (Å²) in [5, 5.41) is 0.0678. The average molecular weight is 213 g/mol. The van der Waals surface area contributed by atoms with Gasteiger partial charge in [0.25, 0.3) is 0 Å². The summed E-state index contributed by atoms with van der Waals surface area (Å²) in [6, 6.07) is 0. The van der Waals surface area contributed by atoms with Crippen LogP contribution in [0.2, 0.25) is 0 Å². The number of alkyl halides is 2. The van der Waals surface area contributed by atoms with Gasteiger partial charge in [-0.15, -0.1) is 11.6 Å². The smallest absolute Gasteiger partial charge is 0.0223 e. The van der Waals surface area contributed by atoms with Gasteiger partial charge in [0.15, 0.2) is 0 Å². The van der Waals surface area contributed by atoms with Gasteiger partial charge in [-0.3, -0.25) is 0 Å². The van der Waals surface area contributed by atoms with Gasteiger partial charge in [-0.2, -0.15) is 11.6 Å². The molecule has 1 radical (unpaired) electrons. The van der Waals surface area contributed by atoms with Crippen LogP contribution in [0.25, 0.3) is 0 Å². The minimum absolute atomic E-state index is 0. The van der Waals surface area contributed by atoms with Crippen molar-refractivity contribution in [1.82, 2.24) is 0 Å². The van der Waals surface area contributed by atoms with Gasteiger partial charge in [0, 0.05) is 22.7 Å². The number of halogens is 2. The summed E-state index contributed by atoms with van der Waals surface area (Å²) in [6.07, 6.45) is 3.13. The van der Waals surface area contributed by atoms with E-state index in [1.54, 1.807) is 0 Å². The third kappa shape index (κ3) is 12.3. The largest absolute Gasteiger partial charge is 0.326 e. The summed E-state index contributed by atoms with van der Waals surface area (Å²) < 4.78 is 0. The first-order chi connectivity index (χ1) is 3.77. The maximum atomic E-state index is 5.56. The van der Waals surface area contributed by atoms with Crippen LogP contribution >= 0.6 is 23.2 Å². The zero-order valence-electron chi connectivity index (χ0n) is 5.20. The van der Waals surface area contributed by atoms with E-state index in [0.29, 0.717) is 0 Å². The Morgan fingerprint density at radius 2 is 1.89 bits per heavy atom. The topological polar surface area (TPSA) is 0 Å². The second kappa shape index (κ2) is 9.09. The molecule has 0 bridgehead atoms. The Balaban J connectivity index is 0. The van der Waals surface area contributed by atoms with Crippen molar-refractivity contribution in [3.05, 3.63) is 6.92 Å². The van der Waals surface area contributed by atoms with Gasteiger partial charge < -0.3 is 6.92 Å². The fourth-order valence-corrected chi connectivity index (χ4v) is 0.804. The molecule has 59 valence electrons. The standard InChI is InChI=1S/C6H11Cl2.Co/c1-6(8)4-2-3-5-7;/h6H,1-5H2;/q-1;. The van der Waals surface area contributed by atoms with Crippen molar-refractivity contribution < 1.29 is 16.8 Å². The molecule has 0 aromatic rings. The fraction of sp³-hybridized carbons (Fsp3) is 0.833. The molecule has 0 aliphatic heterocycles. The average Bonchev–Trinajstić information content (AvgIpc) is 1.66. The first kappa shape index (κ1) is 12.7. The van der Waals surface area contributed by atoms with Crippen LogP contribution in [0.3, 0.4) is 0 Å². The molecule has 0 aliphatic carbocycles. The molecule has 0 saturated heterocycles. The SMILES string of the molecule is [CH2-]C(Cl)CCCCCl.[Co]. The van der Waals surface area contributed by atoms with Crippen LogP contribution in [0.4, 0.5) is 0 Å². The molecule has 0 saturated carbocycles. The van der Waals surface area contributed by atoms with Crippen molar-refractivity contribution in [1.29, 1.82) is 0 Å². The maximum absolute atomic E-state index is 5.56. The number of hydrogen-bond acceptors (Lipinski definition) is 0. The molecule has 0 aliphatic rings. The van der Waals surface area contributed by atoms with Crippen molar-refractivity contribution in [2.45, 2.75) is 24.6 Å². The van der Waals surface area contributed by atoms with Crippen molar-refractivity contribution in [2.75, 3.05) is 5.88 Å². The third-order valence-electron chi connectivity index (χ3n) is 0.901. The molecular formula is C6H11Cl2Co-. The van der Waals surface area contributed by atoms with Crippen molar-refractivity contribution in [2.24, 2.45) is 0 Å². The molecule has 0 aromatic carbocycles. The first-order valence-corrected chi connectivity index (χ1v) is 3.77. The Labute approximate surface area is 77.5 Å². The quantitative estimate of drug-likeness (QED) is 0.382. The van der Waals surface area contributed by atoms with Crippen molar-refractivity contribution in [3.8, 4) is 0 Å². The number of rotatable bonds is 4. The van der Waals surface area contributed by atoms with E-state index in [-0.39, 0.29) is 22.2 Å². The van der Waals surface area contributed by atoms with Gasteiger partial charge in [0.2, 0.25) is 0 Å². The Morgan fingerprint density at radius 3 is 2.22 bits per heavy atom. The van der Waals surface area contributed by atoms with Crippen LogP contribution in [0.15, 0.2) is 0 Å². The molecule has 3 heteroatoms. The van der Waals surface area contributed by atoms with E-state index in [4.69, 9.17) is 23.2 Å². The Morgan fingerprint density at radius 1 is 1.33 bits per heavy atom. The van der Waals surface area contributed by atoms with Gasteiger partial charge in [-0.25, -0.2) is 0 Å². The molecule has 0 aromatic heterocycles. The summed E-state index contributed by atoms with van der Waals surface area (Å²) in [7, 11) is 0. The first-order valence-electron chi connectivity index (χ1n) is 2.80. The molecule has 9 heavy (non-hydrogen) atoms. The van der Waals surface area contributed by atoms with Crippen LogP contribution < -0.4 is 0 Å². The molecule has 0 rings (SSSR count). The van der Waals surface area contributed by atoms with Gasteiger partial charge >= 0.3 is 0 Å². The molecule has 0 N–H and O–H groups in total. The maximum Gasteiger partial charge on any atom is 0.0223 e. The molecule has 1 unspecified atom stereocenters. The van der Waals surface area contributed by atoms with Gasteiger partial charge in [0.1, 0.15) is 0 Å². The summed E-state index contributed by atoms with van der Waals surface area (Å²) in [5.74, 6) is 0.740. The van der Waals surface area contributed by atoms with E-state index in [9.17, 15) is 0 Å². The van der Waals surface area contributed by atoms with Gasteiger partial charge in [0.05, 0.1) is 0 Å². The predicted octanol–water partition coefficient (Wildman–Crippen LogP) is 2.83. The van der Waals surface area contributed by atoms with Crippen LogP contribution in [0, 0.1) is 6.92 Å². The monoisotopic (exact) mass is 212 g/mol. The van der Waals surface area contributed by atoms with Crippen LogP contribution in [0.5, 0.6) is 0 Å². The van der Waals surface area contributed by atoms with E-state index in [0.717, 1.165) is 25.1 Å². The summed E-state index contributed by atoms with van der Waals surface area (Å²) in [4.78, 5) is 0. The van der Waals surface area contributed by atoms with Crippen molar-refractivity contribution >= 4 is 23.2 Å². The van der Waals surface area contributed by atoms with Crippen molar-refractivity contribution in [3.63, 3.8) is 0 Å². The van der Waals surface area contributed by atoms with E-state index in [1.165, 1.54) is 0 Å². The van der Waals surface area contributed by atoms with Gasteiger partial charge in [-0.05, 0) is 6.42 Å². The third-order valence-corrected chi connectivity index (χ3v) is 1.39. The van der Waals surface area contributed by atoms with Crippen LogP contribution in [0.1, 0.15) is 19.3 Å². The molecule has 0 heterocycles. The molecule has 0 amide bonds. The minimum atomic E-state index is 0. The van der Waals surface area contributed by atoms with E-state index in [1.807, 2.05) is 0 Å². The van der Waals surface area contributed by atoms with E-state index >= 15 is 0 Å². The Hall–Kier alpha value is 1.09. The fourth-order valence-electron chi connectivity index (χ4n) is 0.460. The van der Waals surface area contributed by atoms with E-state index in [2.05, 4.69) is 6.92 Å². The summed E-state index contributed by atoms with van der Waals surface area (Å²) in [5.41, 5.74) is 0. The molecule has 1 atom stereocenters.